The number of piperidine rings is 1. The molecule has 0 aliphatic carbocycles. The van der Waals surface area contributed by atoms with E-state index in [1.54, 1.807) is 4.90 Å². The number of rotatable bonds is 3. The van der Waals surface area contributed by atoms with Crippen LogP contribution in [0.25, 0.3) is 0 Å². The predicted octanol–water partition coefficient (Wildman–Crippen LogP) is 0.0451. The summed E-state index contributed by atoms with van der Waals surface area (Å²) in [4.78, 5) is 26.8. The number of nitrogens with zero attached hydrogens (tertiary/aromatic N) is 3. The first-order chi connectivity index (χ1) is 9.54. The zero-order valence-electron chi connectivity index (χ0n) is 12.0. The third kappa shape index (κ3) is 4.35. The van der Waals surface area contributed by atoms with Crippen molar-refractivity contribution in [1.82, 2.24) is 20.2 Å². The summed E-state index contributed by atoms with van der Waals surface area (Å²) in [7, 11) is 2.08. The van der Waals surface area contributed by atoms with E-state index in [0.29, 0.717) is 13.1 Å². The van der Waals surface area contributed by atoms with Gasteiger partial charge in [-0.2, -0.15) is 0 Å². The van der Waals surface area contributed by atoms with Gasteiger partial charge < -0.3 is 14.9 Å². The van der Waals surface area contributed by atoms with Crippen LogP contribution < -0.4 is 5.43 Å². The summed E-state index contributed by atoms with van der Waals surface area (Å²) in [5.74, 6) is -0.537. The molecule has 0 atom stereocenters. The molecule has 20 heavy (non-hydrogen) atoms. The normalized spacial score (nSPS) is 22.8. The van der Waals surface area contributed by atoms with Gasteiger partial charge in [0.05, 0.1) is 0 Å². The van der Waals surface area contributed by atoms with E-state index in [1.807, 2.05) is 5.01 Å². The van der Waals surface area contributed by atoms with Gasteiger partial charge in [0.2, 0.25) is 0 Å². The Bertz CT molecular complexity index is 348. The lowest BCUT2D eigenvalue weighted by Crippen LogP contribution is -2.56. The maximum atomic E-state index is 12.1. The average molecular weight is 284 g/mol. The maximum absolute atomic E-state index is 12.1. The minimum absolute atomic E-state index is 0.0525. The molecule has 0 radical (unpaired) electrons. The second-order valence-electron chi connectivity index (χ2n) is 5.74. The molecule has 0 unspecified atom stereocenters. The molecule has 0 aromatic heterocycles. The quantitative estimate of drug-likeness (QED) is 0.765. The Morgan fingerprint density at radius 1 is 1.10 bits per heavy atom. The van der Waals surface area contributed by atoms with Crippen molar-refractivity contribution in [2.75, 3.05) is 46.3 Å². The summed E-state index contributed by atoms with van der Waals surface area (Å²) in [6.45, 7) is 4.91. The Kier molecular flexibility index (Phi) is 5.19. The lowest BCUT2D eigenvalue weighted by atomic mass is 9.94. The second kappa shape index (κ2) is 6.90. The third-order valence-corrected chi connectivity index (χ3v) is 4.12. The van der Waals surface area contributed by atoms with Crippen molar-refractivity contribution in [1.29, 1.82) is 0 Å². The van der Waals surface area contributed by atoms with Gasteiger partial charge in [0, 0.05) is 45.7 Å². The van der Waals surface area contributed by atoms with Gasteiger partial charge in [-0.05, 0) is 25.8 Å². The van der Waals surface area contributed by atoms with Gasteiger partial charge in [0.25, 0.3) is 0 Å². The van der Waals surface area contributed by atoms with Crippen LogP contribution in [0.15, 0.2) is 0 Å². The third-order valence-electron chi connectivity index (χ3n) is 4.12. The summed E-state index contributed by atoms with van der Waals surface area (Å²) in [5.41, 5.74) is 2.94. The van der Waals surface area contributed by atoms with Crippen molar-refractivity contribution in [2.45, 2.75) is 19.3 Å². The number of carboxylic acids is 1. The topological polar surface area (TPSA) is 76.1 Å². The summed E-state index contributed by atoms with van der Waals surface area (Å²) < 4.78 is 0. The van der Waals surface area contributed by atoms with Crippen LogP contribution in [0.2, 0.25) is 0 Å². The van der Waals surface area contributed by atoms with Gasteiger partial charge in [-0.15, -0.1) is 0 Å². The van der Waals surface area contributed by atoms with E-state index in [9.17, 15) is 9.59 Å². The lowest BCUT2D eigenvalue weighted by molar-refractivity contribution is -0.138. The number of carbonyl (C=O) groups excluding carboxylic acids is 1. The molecule has 2 heterocycles. The molecule has 2 fully saturated rings. The number of hydrogen-bond donors (Lipinski definition) is 2. The number of nitrogens with one attached hydrogen (secondary N) is 1. The first kappa shape index (κ1) is 15.1. The molecule has 114 valence electrons. The zero-order chi connectivity index (χ0) is 14.5. The zero-order valence-corrected chi connectivity index (χ0v) is 12.0. The van der Waals surface area contributed by atoms with Crippen molar-refractivity contribution < 1.29 is 14.7 Å². The van der Waals surface area contributed by atoms with Crippen molar-refractivity contribution in [3.8, 4) is 0 Å². The molecule has 2 amide bonds. The van der Waals surface area contributed by atoms with Crippen LogP contribution in [-0.2, 0) is 4.79 Å². The fraction of sp³-hybridized carbons (Fsp3) is 0.846. The smallest absolute Gasteiger partial charge is 0.331 e. The highest BCUT2D eigenvalue weighted by Crippen LogP contribution is 2.20. The van der Waals surface area contributed by atoms with Crippen molar-refractivity contribution in [2.24, 2.45) is 5.92 Å². The largest absolute Gasteiger partial charge is 0.481 e. The highest BCUT2D eigenvalue weighted by atomic mass is 16.4. The number of carbonyl (C=O) groups is 2. The molecule has 2 rings (SSSR count). The number of hydrazine groups is 1. The van der Waals surface area contributed by atoms with Gasteiger partial charge in [-0.1, -0.05) is 0 Å². The van der Waals surface area contributed by atoms with Gasteiger partial charge in [0.1, 0.15) is 0 Å². The Balaban J connectivity index is 1.70. The number of aliphatic carboxylic acids is 1. The monoisotopic (exact) mass is 284 g/mol. The minimum Gasteiger partial charge on any atom is -0.481 e. The van der Waals surface area contributed by atoms with E-state index >= 15 is 0 Å². The summed E-state index contributed by atoms with van der Waals surface area (Å²) in [6.07, 6.45) is 1.78. The lowest BCUT2D eigenvalue weighted by Gasteiger charge is -2.36. The number of piperazine rings is 1. The first-order valence-electron chi connectivity index (χ1n) is 7.25. The van der Waals surface area contributed by atoms with Gasteiger partial charge >= 0.3 is 12.0 Å². The van der Waals surface area contributed by atoms with E-state index in [4.69, 9.17) is 5.11 Å². The van der Waals surface area contributed by atoms with Crippen LogP contribution in [0.4, 0.5) is 4.79 Å². The van der Waals surface area contributed by atoms with Gasteiger partial charge in [-0.3, -0.25) is 10.2 Å². The van der Waals surface area contributed by atoms with Gasteiger partial charge in [0.15, 0.2) is 0 Å². The number of urea groups is 1. The maximum Gasteiger partial charge on any atom is 0.331 e. The van der Waals surface area contributed by atoms with Crippen LogP contribution in [0.1, 0.15) is 19.3 Å². The summed E-state index contributed by atoms with van der Waals surface area (Å²) >= 11 is 0. The molecule has 2 aliphatic rings. The van der Waals surface area contributed by atoms with E-state index < -0.39 is 5.97 Å². The molecule has 2 N–H and O–H groups in total. The molecular weight excluding hydrogens is 260 g/mol. The number of carboxylic acid groups (broad SMARTS) is 1. The van der Waals surface area contributed by atoms with Crippen LogP contribution in [0.5, 0.6) is 0 Å². The van der Waals surface area contributed by atoms with E-state index in [2.05, 4.69) is 17.4 Å². The Labute approximate surface area is 119 Å². The predicted molar refractivity (Wildman–Crippen MR) is 74.2 cm³/mol. The molecular formula is C13H24N4O3. The Hall–Kier alpha value is -1.34. The molecule has 0 bridgehead atoms. The fourth-order valence-electron chi connectivity index (χ4n) is 2.71. The molecule has 0 aromatic carbocycles. The molecule has 0 saturated carbocycles. The van der Waals surface area contributed by atoms with Crippen LogP contribution >= 0.6 is 0 Å². The Morgan fingerprint density at radius 2 is 1.70 bits per heavy atom. The SMILES string of the molecule is CN1CCN(NC(=O)N2CCC(CC(=O)O)CC2)CC1. The van der Waals surface area contributed by atoms with E-state index in [0.717, 1.165) is 39.0 Å². The average Bonchev–Trinajstić information content (AvgIpc) is 2.41. The molecule has 7 heteroatoms. The number of likely N-dealkylation sites (N-methyl/N-ethyl adjacent to an activating group) is 1. The molecule has 0 spiro atoms. The minimum atomic E-state index is -0.745. The molecule has 0 aromatic rings. The standard InChI is InChI=1S/C13H24N4O3/c1-15-6-8-17(9-7-15)14-13(20)16-4-2-11(3-5-16)10-12(18)19/h11H,2-10H2,1H3,(H,14,20)(H,18,19). The molecule has 2 saturated heterocycles. The number of hydrogen-bond acceptors (Lipinski definition) is 4. The Morgan fingerprint density at radius 3 is 2.25 bits per heavy atom. The van der Waals surface area contributed by atoms with Crippen molar-refractivity contribution in [3.63, 3.8) is 0 Å². The molecule has 2 aliphatic heterocycles. The van der Waals surface area contributed by atoms with E-state index in [-0.39, 0.29) is 18.4 Å². The van der Waals surface area contributed by atoms with Crippen molar-refractivity contribution >= 4 is 12.0 Å². The number of amides is 2. The summed E-state index contributed by atoms with van der Waals surface area (Å²) in [6, 6.07) is -0.0525. The van der Waals surface area contributed by atoms with Gasteiger partial charge in [-0.25, -0.2) is 9.80 Å². The highest BCUT2D eigenvalue weighted by molar-refractivity contribution is 5.73. The first-order valence-corrected chi connectivity index (χ1v) is 7.25. The van der Waals surface area contributed by atoms with Crippen LogP contribution in [0.3, 0.4) is 0 Å². The second-order valence-corrected chi connectivity index (χ2v) is 5.74. The van der Waals surface area contributed by atoms with E-state index in [1.165, 1.54) is 0 Å². The van der Waals surface area contributed by atoms with Crippen LogP contribution in [0, 0.1) is 5.92 Å². The van der Waals surface area contributed by atoms with Crippen molar-refractivity contribution in [3.05, 3.63) is 0 Å². The highest BCUT2D eigenvalue weighted by Gasteiger charge is 2.25. The van der Waals surface area contributed by atoms with Crippen LogP contribution in [-0.4, -0.2) is 78.2 Å². The number of likely N-dealkylation sites (tertiary alicyclic amines) is 1. The fourth-order valence-corrected chi connectivity index (χ4v) is 2.71. The molecule has 7 nitrogen and oxygen atoms in total. The summed E-state index contributed by atoms with van der Waals surface area (Å²) in [5, 5.41) is 10.7.